The van der Waals surface area contributed by atoms with Gasteiger partial charge in [-0.2, -0.15) is 5.10 Å². The molecule has 1 heterocycles. The number of H-pyrrole nitrogens is 1. The van der Waals surface area contributed by atoms with Crippen molar-refractivity contribution in [1.82, 2.24) is 14.9 Å². The van der Waals surface area contributed by atoms with Gasteiger partial charge in [0.15, 0.2) is 0 Å². The summed E-state index contributed by atoms with van der Waals surface area (Å²) < 4.78 is 27.5. The van der Waals surface area contributed by atoms with E-state index in [0.29, 0.717) is 5.69 Å². The smallest absolute Gasteiger partial charge is 0.244 e. The number of rotatable bonds is 4. The largest absolute Gasteiger partial charge is 0.390 e. The molecule has 0 aromatic carbocycles. The number of sulfonamides is 1. The van der Waals surface area contributed by atoms with E-state index in [-0.39, 0.29) is 23.2 Å². The Balaban J connectivity index is 2.19. The van der Waals surface area contributed by atoms with Gasteiger partial charge in [0.05, 0.1) is 12.3 Å². The van der Waals surface area contributed by atoms with E-state index in [0.717, 1.165) is 25.7 Å². The van der Waals surface area contributed by atoms with Gasteiger partial charge in [0.1, 0.15) is 10.6 Å². The maximum atomic E-state index is 12.4. The fourth-order valence-electron chi connectivity index (χ4n) is 2.61. The van der Waals surface area contributed by atoms with Crippen molar-refractivity contribution in [2.24, 2.45) is 0 Å². The van der Waals surface area contributed by atoms with E-state index in [4.69, 9.17) is 0 Å². The molecule has 0 saturated heterocycles. The molecule has 2 rings (SSSR count). The molecule has 1 aromatic heterocycles. The van der Waals surface area contributed by atoms with Gasteiger partial charge in [-0.25, -0.2) is 13.1 Å². The standard InChI is InChI=1S/C12H21N3O3S/c1-9-12(11(8-16)14-13-9)19(17,18)15-10-6-4-2-3-5-7-10/h10,15-16H,2-8H2,1H3,(H,13,14). The Morgan fingerprint density at radius 2 is 1.95 bits per heavy atom. The van der Waals surface area contributed by atoms with Crippen LogP contribution in [0.1, 0.15) is 49.9 Å². The summed E-state index contributed by atoms with van der Waals surface area (Å²) in [5.41, 5.74) is 0.642. The fourth-order valence-corrected chi connectivity index (χ4v) is 4.27. The van der Waals surface area contributed by atoms with Crippen LogP contribution >= 0.6 is 0 Å². The molecule has 0 radical (unpaired) electrons. The number of hydrogen-bond donors (Lipinski definition) is 3. The van der Waals surface area contributed by atoms with Gasteiger partial charge in [0, 0.05) is 6.04 Å². The molecule has 3 N–H and O–H groups in total. The monoisotopic (exact) mass is 287 g/mol. The van der Waals surface area contributed by atoms with Crippen LogP contribution in [0.4, 0.5) is 0 Å². The predicted octanol–water partition coefficient (Wildman–Crippen LogP) is 1.21. The van der Waals surface area contributed by atoms with Crippen molar-refractivity contribution >= 4 is 10.0 Å². The van der Waals surface area contributed by atoms with Crippen LogP contribution in [0.3, 0.4) is 0 Å². The summed E-state index contributed by atoms with van der Waals surface area (Å²) in [6, 6.07) is -0.00616. The maximum absolute atomic E-state index is 12.4. The first kappa shape index (κ1) is 14.5. The highest BCUT2D eigenvalue weighted by atomic mass is 32.2. The first-order valence-electron chi connectivity index (χ1n) is 6.71. The minimum atomic E-state index is -3.61. The fraction of sp³-hybridized carbons (Fsp3) is 0.750. The minimum Gasteiger partial charge on any atom is -0.390 e. The number of hydrogen-bond acceptors (Lipinski definition) is 4. The van der Waals surface area contributed by atoms with Gasteiger partial charge >= 0.3 is 0 Å². The summed E-state index contributed by atoms with van der Waals surface area (Å²) >= 11 is 0. The molecular formula is C12H21N3O3S. The Morgan fingerprint density at radius 3 is 2.53 bits per heavy atom. The molecule has 1 aromatic rings. The second kappa shape index (κ2) is 6.02. The van der Waals surface area contributed by atoms with Crippen molar-refractivity contribution in [2.45, 2.75) is 63.0 Å². The summed E-state index contributed by atoms with van der Waals surface area (Å²) in [6.07, 6.45) is 6.22. The van der Waals surface area contributed by atoms with Gasteiger partial charge in [0.25, 0.3) is 0 Å². The van der Waals surface area contributed by atoms with Crippen LogP contribution in [-0.4, -0.2) is 29.8 Å². The normalized spacial score (nSPS) is 18.4. The second-order valence-corrected chi connectivity index (χ2v) is 6.74. The van der Waals surface area contributed by atoms with Crippen molar-refractivity contribution < 1.29 is 13.5 Å². The molecule has 1 aliphatic rings. The molecule has 0 atom stereocenters. The molecular weight excluding hydrogens is 266 g/mol. The Morgan fingerprint density at radius 1 is 1.32 bits per heavy atom. The van der Waals surface area contributed by atoms with Gasteiger partial charge < -0.3 is 5.11 Å². The number of aromatic nitrogens is 2. The third-order valence-corrected chi connectivity index (χ3v) is 5.28. The van der Waals surface area contributed by atoms with Crippen molar-refractivity contribution in [3.63, 3.8) is 0 Å². The zero-order valence-corrected chi connectivity index (χ0v) is 12.0. The molecule has 7 heteroatoms. The van der Waals surface area contributed by atoms with Crippen LogP contribution in [0, 0.1) is 6.92 Å². The summed E-state index contributed by atoms with van der Waals surface area (Å²) in [7, 11) is -3.61. The molecule has 0 spiro atoms. The van der Waals surface area contributed by atoms with E-state index >= 15 is 0 Å². The molecule has 108 valence electrons. The van der Waals surface area contributed by atoms with Gasteiger partial charge in [0.2, 0.25) is 10.0 Å². The molecule has 0 amide bonds. The van der Waals surface area contributed by atoms with Crippen LogP contribution in [0.25, 0.3) is 0 Å². The Labute approximate surface area is 113 Å². The molecule has 0 unspecified atom stereocenters. The van der Waals surface area contributed by atoms with Crippen molar-refractivity contribution in [3.05, 3.63) is 11.4 Å². The topological polar surface area (TPSA) is 95.1 Å². The van der Waals surface area contributed by atoms with Crippen LogP contribution in [-0.2, 0) is 16.6 Å². The average molecular weight is 287 g/mol. The first-order valence-corrected chi connectivity index (χ1v) is 8.20. The molecule has 1 fully saturated rings. The minimum absolute atomic E-state index is 0.00616. The summed E-state index contributed by atoms with van der Waals surface area (Å²) in [5.74, 6) is 0. The van der Waals surface area contributed by atoms with Crippen LogP contribution in [0.5, 0.6) is 0 Å². The maximum Gasteiger partial charge on any atom is 0.244 e. The van der Waals surface area contributed by atoms with E-state index < -0.39 is 10.0 Å². The van der Waals surface area contributed by atoms with E-state index in [1.807, 2.05) is 0 Å². The van der Waals surface area contributed by atoms with Crippen molar-refractivity contribution in [2.75, 3.05) is 0 Å². The number of aliphatic hydroxyl groups excluding tert-OH is 1. The molecule has 0 aliphatic heterocycles. The third-order valence-electron chi connectivity index (χ3n) is 3.56. The Hall–Kier alpha value is -0.920. The van der Waals surface area contributed by atoms with E-state index in [2.05, 4.69) is 14.9 Å². The van der Waals surface area contributed by atoms with Gasteiger partial charge in [-0.3, -0.25) is 5.10 Å². The number of aryl methyl sites for hydroxylation is 1. The first-order chi connectivity index (χ1) is 9.04. The SMILES string of the molecule is Cc1[nH]nc(CO)c1S(=O)(=O)NC1CCCCCC1. The lowest BCUT2D eigenvalue weighted by Crippen LogP contribution is -2.35. The van der Waals surface area contributed by atoms with E-state index in [1.165, 1.54) is 12.8 Å². The van der Waals surface area contributed by atoms with Crippen molar-refractivity contribution in [3.8, 4) is 0 Å². The number of aromatic amines is 1. The van der Waals surface area contributed by atoms with E-state index in [1.54, 1.807) is 6.92 Å². The van der Waals surface area contributed by atoms with Gasteiger partial charge in [-0.05, 0) is 19.8 Å². The zero-order valence-electron chi connectivity index (χ0n) is 11.1. The number of aliphatic hydroxyl groups is 1. The highest BCUT2D eigenvalue weighted by Crippen LogP contribution is 2.22. The quantitative estimate of drug-likeness (QED) is 0.725. The predicted molar refractivity (Wildman–Crippen MR) is 71.1 cm³/mol. The third kappa shape index (κ3) is 3.34. The van der Waals surface area contributed by atoms with E-state index in [9.17, 15) is 13.5 Å². The number of nitrogens with zero attached hydrogens (tertiary/aromatic N) is 1. The molecule has 1 saturated carbocycles. The summed E-state index contributed by atoms with van der Waals surface area (Å²) in [4.78, 5) is 0.0965. The van der Waals surface area contributed by atoms with Gasteiger partial charge in [-0.1, -0.05) is 25.7 Å². The number of nitrogens with one attached hydrogen (secondary N) is 2. The second-order valence-electron chi connectivity index (χ2n) is 5.09. The summed E-state index contributed by atoms with van der Waals surface area (Å²) in [5, 5.41) is 15.6. The zero-order chi connectivity index (χ0) is 13.9. The Kier molecular flexibility index (Phi) is 4.59. The molecule has 0 bridgehead atoms. The summed E-state index contributed by atoms with van der Waals surface area (Å²) in [6.45, 7) is 1.26. The molecule has 6 nitrogen and oxygen atoms in total. The highest BCUT2D eigenvalue weighted by Gasteiger charge is 2.27. The molecule has 1 aliphatic carbocycles. The lowest BCUT2D eigenvalue weighted by atomic mass is 10.1. The Bertz CT molecular complexity index is 516. The van der Waals surface area contributed by atoms with Crippen LogP contribution in [0.2, 0.25) is 0 Å². The highest BCUT2D eigenvalue weighted by molar-refractivity contribution is 7.89. The molecule has 19 heavy (non-hydrogen) atoms. The lowest BCUT2D eigenvalue weighted by molar-refractivity contribution is 0.273. The van der Waals surface area contributed by atoms with Crippen LogP contribution < -0.4 is 4.72 Å². The van der Waals surface area contributed by atoms with Crippen LogP contribution in [0.15, 0.2) is 4.90 Å². The van der Waals surface area contributed by atoms with Crippen molar-refractivity contribution in [1.29, 1.82) is 0 Å². The average Bonchev–Trinajstić information content (AvgIpc) is 2.57. The lowest BCUT2D eigenvalue weighted by Gasteiger charge is -2.16. The van der Waals surface area contributed by atoms with Gasteiger partial charge in [-0.15, -0.1) is 0 Å².